The van der Waals surface area contributed by atoms with E-state index in [1.165, 1.54) is 12.4 Å². The summed E-state index contributed by atoms with van der Waals surface area (Å²) in [6.45, 7) is 2.00. The normalized spacial score (nSPS) is 11.3. The lowest BCUT2D eigenvalue weighted by molar-refractivity contribution is 0.601. The van der Waals surface area contributed by atoms with Crippen LogP contribution in [0.2, 0.25) is 5.15 Å². The summed E-state index contributed by atoms with van der Waals surface area (Å²) in [5.74, 6) is 0.138. The van der Waals surface area contributed by atoms with E-state index in [4.69, 9.17) is 11.6 Å². The predicted octanol–water partition coefficient (Wildman–Crippen LogP) is 2.49. The van der Waals surface area contributed by atoms with E-state index in [-0.39, 0.29) is 15.9 Å². The number of benzene rings is 1. The summed E-state index contributed by atoms with van der Waals surface area (Å²) in [7, 11) is -3.65. The van der Waals surface area contributed by atoms with Gasteiger partial charge in [-0.1, -0.05) is 30.7 Å². The fourth-order valence-electron chi connectivity index (χ4n) is 1.49. The summed E-state index contributed by atoms with van der Waals surface area (Å²) in [5.41, 5.74) is 1.07. The molecule has 19 heavy (non-hydrogen) atoms. The van der Waals surface area contributed by atoms with Gasteiger partial charge in [0.25, 0.3) is 10.0 Å². The molecule has 2 aromatic rings. The van der Waals surface area contributed by atoms with Crippen LogP contribution in [0.5, 0.6) is 0 Å². The summed E-state index contributed by atoms with van der Waals surface area (Å²) >= 11 is 5.67. The zero-order chi connectivity index (χ0) is 13.9. The molecule has 1 heterocycles. The first kappa shape index (κ1) is 13.8. The van der Waals surface area contributed by atoms with E-state index in [0.29, 0.717) is 0 Å². The maximum Gasteiger partial charge on any atom is 0.263 e. The number of nitrogens with zero attached hydrogens (tertiary/aromatic N) is 2. The predicted molar refractivity (Wildman–Crippen MR) is 73.7 cm³/mol. The zero-order valence-corrected chi connectivity index (χ0v) is 11.7. The van der Waals surface area contributed by atoms with Crippen molar-refractivity contribution in [2.24, 2.45) is 0 Å². The largest absolute Gasteiger partial charge is 0.263 e. The molecule has 0 fully saturated rings. The Morgan fingerprint density at radius 1 is 1.21 bits per heavy atom. The topological polar surface area (TPSA) is 72.0 Å². The highest BCUT2D eigenvalue weighted by molar-refractivity contribution is 7.92. The van der Waals surface area contributed by atoms with Gasteiger partial charge in [-0.05, 0) is 24.1 Å². The highest BCUT2D eigenvalue weighted by Crippen LogP contribution is 2.16. The average Bonchev–Trinajstić information content (AvgIpc) is 2.38. The molecule has 5 nitrogen and oxygen atoms in total. The van der Waals surface area contributed by atoms with Crippen LogP contribution in [0.3, 0.4) is 0 Å². The van der Waals surface area contributed by atoms with Crippen LogP contribution < -0.4 is 4.72 Å². The average molecular weight is 298 g/mol. The number of rotatable bonds is 4. The fourth-order valence-corrected chi connectivity index (χ4v) is 2.64. The second-order valence-electron chi connectivity index (χ2n) is 3.83. The van der Waals surface area contributed by atoms with Crippen molar-refractivity contribution in [2.75, 3.05) is 4.72 Å². The van der Waals surface area contributed by atoms with E-state index in [1.54, 1.807) is 24.3 Å². The summed E-state index contributed by atoms with van der Waals surface area (Å²) < 4.78 is 26.5. The molecule has 0 spiro atoms. The molecule has 2 rings (SSSR count). The van der Waals surface area contributed by atoms with Crippen LogP contribution in [0.1, 0.15) is 12.5 Å². The third-order valence-electron chi connectivity index (χ3n) is 2.51. The molecule has 0 aliphatic rings. The van der Waals surface area contributed by atoms with Gasteiger partial charge in [0.2, 0.25) is 0 Å². The minimum Gasteiger partial charge on any atom is -0.263 e. The SMILES string of the molecule is CCc1ccc(S(=O)(=O)Nc2cc(Cl)ncn2)cc1. The van der Waals surface area contributed by atoms with E-state index in [1.807, 2.05) is 6.92 Å². The summed E-state index contributed by atoms with van der Waals surface area (Å²) in [4.78, 5) is 7.66. The molecule has 0 amide bonds. The van der Waals surface area contributed by atoms with E-state index in [0.717, 1.165) is 12.0 Å². The minimum absolute atomic E-state index is 0.138. The Labute approximate surface area is 116 Å². The first-order chi connectivity index (χ1) is 9.01. The molecule has 0 saturated heterocycles. The van der Waals surface area contributed by atoms with Gasteiger partial charge in [0, 0.05) is 6.07 Å². The molecular formula is C12H12ClN3O2S. The Morgan fingerprint density at radius 3 is 2.47 bits per heavy atom. The van der Waals surface area contributed by atoms with Crippen molar-refractivity contribution in [3.63, 3.8) is 0 Å². The molecule has 0 unspecified atom stereocenters. The van der Waals surface area contributed by atoms with Gasteiger partial charge >= 0.3 is 0 Å². The van der Waals surface area contributed by atoms with Gasteiger partial charge < -0.3 is 0 Å². The molecule has 0 aliphatic heterocycles. The zero-order valence-electron chi connectivity index (χ0n) is 10.2. The maximum atomic E-state index is 12.1. The molecule has 0 saturated carbocycles. The van der Waals surface area contributed by atoms with Gasteiger partial charge in [0.15, 0.2) is 0 Å². The number of halogens is 1. The third-order valence-corrected chi connectivity index (χ3v) is 4.09. The molecule has 1 aromatic carbocycles. The maximum absolute atomic E-state index is 12.1. The van der Waals surface area contributed by atoms with Crippen LogP contribution in [0, 0.1) is 0 Å². The van der Waals surface area contributed by atoms with Crippen LogP contribution in [0.15, 0.2) is 41.6 Å². The van der Waals surface area contributed by atoms with E-state index < -0.39 is 10.0 Å². The Kier molecular flexibility index (Phi) is 4.01. The van der Waals surface area contributed by atoms with Crippen molar-refractivity contribution in [1.29, 1.82) is 0 Å². The highest BCUT2D eigenvalue weighted by atomic mass is 35.5. The number of aryl methyl sites for hydroxylation is 1. The van der Waals surface area contributed by atoms with Crippen molar-refractivity contribution >= 4 is 27.4 Å². The lowest BCUT2D eigenvalue weighted by atomic mass is 10.2. The Bertz CT molecular complexity index is 672. The van der Waals surface area contributed by atoms with Crippen molar-refractivity contribution in [3.05, 3.63) is 47.4 Å². The molecule has 0 radical (unpaired) electrons. The number of sulfonamides is 1. The Morgan fingerprint density at radius 2 is 1.89 bits per heavy atom. The Hall–Kier alpha value is -1.66. The van der Waals surface area contributed by atoms with E-state index in [2.05, 4.69) is 14.7 Å². The lowest BCUT2D eigenvalue weighted by Crippen LogP contribution is -2.14. The molecule has 1 N–H and O–H groups in total. The van der Waals surface area contributed by atoms with Crippen LogP contribution in [0.25, 0.3) is 0 Å². The van der Waals surface area contributed by atoms with Crippen LogP contribution in [0.4, 0.5) is 5.82 Å². The third kappa shape index (κ3) is 3.42. The summed E-state index contributed by atoms with van der Waals surface area (Å²) in [6, 6.07) is 8.02. The van der Waals surface area contributed by atoms with Crippen molar-refractivity contribution in [2.45, 2.75) is 18.2 Å². The number of aromatic nitrogens is 2. The molecule has 0 aliphatic carbocycles. The van der Waals surface area contributed by atoms with Gasteiger partial charge in [-0.3, -0.25) is 4.72 Å². The molecule has 1 aromatic heterocycles. The first-order valence-corrected chi connectivity index (χ1v) is 7.46. The second-order valence-corrected chi connectivity index (χ2v) is 5.90. The van der Waals surface area contributed by atoms with E-state index in [9.17, 15) is 8.42 Å². The quantitative estimate of drug-likeness (QED) is 0.880. The van der Waals surface area contributed by atoms with Crippen molar-refractivity contribution in [3.8, 4) is 0 Å². The summed E-state index contributed by atoms with van der Waals surface area (Å²) in [5, 5.41) is 0.175. The summed E-state index contributed by atoms with van der Waals surface area (Å²) in [6.07, 6.45) is 2.05. The molecule has 0 atom stereocenters. The fraction of sp³-hybridized carbons (Fsp3) is 0.167. The smallest absolute Gasteiger partial charge is 0.263 e. The lowest BCUT2D eigenvalue weighted by Gasteiger charge is -2.07. The molecule has 0 bridgehead atoms. The monoisotopic (exact) mass is 297 g/mol. The van der Waals surface area contributed by atoms with Crippen molar-refractivity contribution in [1.82, 2.24) is 9.97 Å². The van der Waals surface area contributed by atoms with Crippen LogP contribution in [-0.4, -0.2) is 18.4 Å². The number of hydrogen-bond acceptors (Lipinski definition) is 4. The van der Waals surface area contributed by atoms with Gasteiger partial charge in [-0.25, -0.2) is 18.4 Å². The Balaban J connectivity index is 2.27. The van der Waals surface area contributed by atoms with Gasteiger partial charge in [-0.2, -0.15) is 0 Å². The molecule has 100 valence electrons. The first-order valence-electron chi connectivity index (χ1n) is 5.60. The minimum atomic E-state index is -3.65. The standard InChI is InChI=1S/C12H12ClN3O2S/c1-2-9-3-5-10(6-4-9)19(17,18)16-12-7-11(13)14-8-15-12/h3-8H,2H2,1H3,(H,14,15,16). The van der Waals surface area contributed by atoms with Crippen LogP contribution >= 0.6 is 11.6 Å². The number of hydrogen-bond donors (Lipinski definition) is 1. The van der Waals surface area contributed by atoms with Gasteiger partial charge in [0.1, 0.15) is 17.3 Å². The number of nitrogens with one attached hydrogen (secondary N) is 1. The second kappa shape index (κ2) is 5.54. The molecular weight excluding hydrogens is 286 g/mol. The van der Waals surface area contributed by atoms with E-state index >= 15 is 0 Å². The number of anilines is 1. The van der Waals surface area contributed by atoms with Crippen molar-refractivity contribution < 1.29 is 8.42 Å². The highest BCUT2D eigenvalue weighted by Gasteiger charge is 2.14. The van der Waals surface area contributed by atoms with Gasteiger partial charge in [-0.15, -0.1) is 0 Å². The van der Waals surface area contributed by atoms with Crippen LogP contribution in [-0.2, 0) is 16.4 Å². The molecule has 7 heteroatoms. The van der Waals surface area contributed by atoms with Gasteiger partial charge in [0.05, 0.1) is 4.90 Å².